The maximum Gasteiger partial charge on any atom is 0.241 e. The third kappa shape index (κ3) is 6.44. The van der Waals surface area contributed by atoms with Crippen molar-refractivity contribution in [3.63, 3.8) is 0 Å². The van der Waals surface area contributed by atoms with E-state index in [-0.39, 0.29) is 11.3 Å². The second kappa shape index (κ2) is 11.6. The first-order valence-corrected chi connectivity index (χ1v) is 13.2. The number of ether oxygens (including phenoxy) is 2. The van der Waals surface area contributed by atoms with E-state index in [2.05, 4.69) is 10.0 Å². The second-order valence-electron chi connectivity index (χ2n) is 8.94. The van der Waals surface area contributed by atoms with Gasteiger partial charge in [-0.25, -0.2) is 8.42 Å². The molecule has 0 bridgehead atoms. The number of aryl methyl sites for hydroxylation is 3. The number of methoxy groups -OCH3 is 2. The minimum absolute atomic E-state index is 0.201. The van der Waals surface area contributed by atoms with Gasteiger partial charge in [0.25, 0.3) is 0 Å². The molecule has 0 radical (unpaired) electrons. The van der Waals surface area contributed by atoms with Crippen LogP contribution in [0.4, 0.5) is 0 Å². The van der Waals surface area contributed by atoms with E-state index in [1.807, 2.05) is 62.4 Å². The maximum absolute atomic E-state index is 13.5. The van der Waals surface area contributed by atoms with Gasteiger partial charge in [0.1, 0.15) is 6.04 Å². The molecule has 0 aromatic heterocycles. The molecule has 36 heavy (non-hydrogen) atoms. The molecule has 0 aliphatic carbocycles. The quantitative estimate of drug-likeness (QED) is 0.422. The first kappa shape index (κ1) is 27.2. The lowest BCUT2D eigenvalue weighted by atomic mass is 10.0. The number of carbonyl (C=O) groups excluding carboxylic acids is 1. The van der Waals surface area contributed by atoms with E-state index in [0.29, 0.717) is 22.6 Å². The molecule has 0 aliphatic heterocycles. The van der Waals surface area contributed by atoms with Crippen LogP contribution in [0.25, 0.3) is 0 Å². The Balaban J connectivity index is 1.90. The summed E-state index contributed by atoms with van der Waals surface area (Å²) in [5.41, 5.74) is 3.89. The van der Waals surface area contributed by atoms with Crippen LogP contribution in [0, 0.1) is 20.8 Å². The number of hydrogen-bond acceptors (Lipinski definition) is 5. The van der Waals surface area contributed by atoms with Crippen molar-refractivity contribution in [2.75, 3.05) is 14.2 Å². The van der Waals surface area contributed by atoms with Gasteiger partial charge in [-0.3, -0.25) is 4.79 Å². The number of carbonyl (C=O) groups is 1. The first-order chi connectivity index (χ1) is 17.1. The monoisotopic (exact) mass is 510 g/mol. The molecule has 0 heterocycles. The lowest BCUT2D eigenvalue weighted by molar-refractivity contribution is -0.123. The van der Waals surface area contributed by atoms with Crippen LogP contribution in [-0.2, 0) is 21.2 Å². The molecule has 0 spiro atoms. The number of benzene rings is 3. The molecule has 0 aliphatic rings. The zero-order valence-corrected chi connectivity index (χ0v) is 22.4. The molecule has 2 unspecified atom stereocenters. The van der Waals surface area contributed by atoms with Gasteiger partial charge in [-0.05, 0) is 68.5 Å². The van der Waals surface area contributed by atoms with Crippen molar-refractivity contribution >= 4 is 15.9 Å². The van der Waals surface area contributed by atoms with E-state index in [0.717, 1.165) is 16.7 Å². The molecular weight excluding hydrogens is 476 g/mol. The van der Waals surface area contributed by atoms with Gasteiger partial charge in [0.05, 0.1) is 25.2 Å². The zero-order valence-electron chi connectivity index (χ0n) is 21.6. The van der Waals surface area contributed by atoms with E-state index >= 15 is 0 Å². The van der Waals surface area contributed by atoms with Crippen molar-refractivity contribution < 1.29 is 22.7 Å². The summed E-state index contributed by atoms with van der Waals surface area (Å²) in [7, 11) is -0.868. The Bertz CT molecular complexity index is 1300. The first-order valence-electron chi connectivity index (χ1n) is 11.7. The van der Waals surface area contributed by atoms with Crippen LogP contribution >= 0.6 is 0 Å². The van der Waals surface area contributed by atoms with Gasteiger partial charge >= 0.3 is 0 Å². The molecule has 2 atom stereocenters. The summed E-state index contributed by atoms with van der Waals surface area (Å²) in [4.78, 5) is 13.6. The summed E-state index contributed by atoms with van der Waals surface area (Å²) < 4.78 is 40.3. The SMILES string of the molecule is COc1ccc(C(C)NC(=O)C(Cc2ccccc2)NS(=O)(=O)c2c(C)cc(C)cc2C)cc1OC. The van der Waals surface area contributed by atoms with Crippen molar-refractivity contribution in [1.29, 1.82) is 0 Å². The molecule has 1 amide bonds. The number of rotatable bonds is 10. The summed E-state index contributed by atoms with van der Waals surface area (Å²) in [6.45, 7) is 7.28. The lowest BCUT2D eigenvalue weighted by Gasteiger charge is -2.23. The Morgan fingerprint density at radius 2 is 1.50 bits per heavy atom. The van der Waals surface area contributed by atoms with Gasteiger partial charge in [-0.15, -0.1) is 0 Å². The number of amides is 1. The highest BCUT2D eigenvalue weighted by atomic mass is 32.2. The zero-order chi connectivity index (χ0) is 26.5. The average Bonchev–Trinajstić information content (AvgIpc) is 2.82. The molecule has 2 N–H and O–H groups in total. The van der Waals surface area contributed by atoms with Crippen molar-refractivity contribution in [3.05, 3.63) is 88.5 Å². The Hall–Kier alpha value is -3.36. The standard InChI is InChI=1S/C28H34N2O5S/c1-18-14-19(2)27(20(3)15-18)36(32,33)30-24(16-22-10-8-7-9-11-22)28(31)29-21(4)23-12-13-25(34-5)26(17-23)35-6/h7-15,17,21,24,30H,16H2,1-6H3,(H,29,31). The molecule has 8 heteroatoms. The van der Waals surface area contributed by atoms with Crippen molar-refractivity contribution in [2.24, 2.45) is 0 Å². The maximum atomic E-state index is 13.5. The average molecular weight is 511 g/mol. The lowest BCUT2D eigenvalue weighted by Crippen LogP contribution is -2.48. The Morgan fingerprint density at radius 1 is 0.889 bits per heavy atom. The van der Waals surface area contributed by atoms with Crippen LogP contribution < -0.4 is 19.5 Å². The van der Waals surface area contributed by atoms with Gasteiger partial charge in [-0.2, -0.15) is 4.72 Å². The van der Waals surface area contributed by atoms with Crippen LogP contribution in [0.5, 0.6) is 11.5 Å². The van der Waals surface area contributed by atoms with E-state index < -0.39 is 28.0 Å². The van der Waals surface area contributed by atoms with Crippen molar-refractivity contribution in [3.8, 4) is 11.5 Å². The highest BCUT2D eigenvalue weighted by Gasteiger charge is 2.29. The normalized spacial score (nSPS) is 13.1. The molecule has 3 rings (SSSR count). The van der Waals surface area contributed by atoms with Gasteiger partial charge in [0.2, 0.25) is 15.9 Å². The second-order valence-corrected chi connectivity index (χ2v) is 10.6. The number of hydrogen-bond donors (Lipinski definition) is 2. The summed E-state index contributed by atoms with van der Waals surface area (Å²) in [5, 5.41) is 2.96. The molecule has 3 aromatic carbocycles. The molecule has 0 saturated carbocycles. The minimum Gasteiger partial charge on any atom is -0.493 e. The fourth-order valence-corrected chi connectivity index (χ4v) is 6.04. The summed E-state index contributed by atoms with van der Waals surface area (Å²) in [6.07, 6.45) is 0.203. The molecule has 0 saturated heterocycles. The van der Waals surface area contributed by atoms with Crippen LogP contribution in [0.15, 0.2) is 65.6 Å². The van der Waals surface area contributed by atoms with E-state index in [1.165, 1.54) is 0 Å². The van der Waals surface area contributed by atoms with Crippen LogP contribution in [0.1, 0.15) is 40.8 Å². The molecule has 0 fully saturated rings. The van der Waals surface area contributed by atoms with E-state index in [9.17, 15) is 13.2 Å². The van der Waals surface area contributed by atoms with Crippen molar-refractivity contribution in [1.82, 2.24) is 10.0 Å². The molecule has 7 nitrogen and oxygen atoms in total. The Kier molecular flexibility index (Phi) is 8.76. The largest absolute Gasteiger partial charge is 0.493 e. The highest BCUT2D eigenvalue weighted by molar-refractivity contribution is 7.89. The fraction of sp³-hybridized carbons (Fsp3) is 0.321. The predicted molar refractivity (Wildman–Crippen MR) is 141 cm³/mol. The van der Waals surface area contributed by atoms with Gasteiger partial charge in [-0.1, -0.05) is 54.1 Å². The third-order valence-corrected chi connectivity index (χ3v) is 7.81. The van der Waals surface area contributed by atoms with Crippen LogP contribution in [0.3, 0.4) is 0 Å². The molecule has 3 aromatic rings. The van der Waals surface area contributed by atoms with Gasteiger partial charge < -0.3 is 14.8 Å². The topological polar surface area (TPSA) is 93.7 Å². The third-order valence-electron chi connectivity index (χ3n) is 6.04. The van der Waals surface area contributed by atoms with Gasteiger partial charge in [0, 0.05) is 0 Å². The number of sulfonamides is 1. The Labute approximate surface area is 213 Å². The van der Waals surface area contributed by atoms with Gasteiger partial charge in [0.15, 0.2) is 11.5 Å². The van der Waals surface area contributed by atoms with Crippen LogP contribution in [-0.4, -0.2) is 34.6 Å². The smallest absolute Gasteiger partial charge is 0.241 e. The highest BCUT2D eigenvalue weighted by Crippen LogP contribution is 2.30. The summed E-state index contributed by atoms with van der Waals surface area (Å²) >= 11 is 0. The minimum atomic E-state index is -3.97. The predicted octanol–water partition coefficient (Wildman–Crippen LogP) is 4.40. The van der Waals surface area contributed by atoms with E-state index in [1.54, 1.807) is 40.2 Å². The van der Waals surface area contributed by atoms with E-state index in [4.69, 9.17) is 9.47 Å². The fourth-order valence-electron chi connectivity index (χ4n) is 4.39. The number of nitrogens with one attached hydrogen (secondary N) is 2. The summed E-state index contributed by atoms with van der Waals surface area (Å²) in [5.74, 6) is 0.702. The van der Waals surface area contributed by atoms with Crippen molar-refractivity contribution in [2.45, 2.75) is 51.1 Å². The summed E-state index contributed by atoms with van der Waals surface area (Å²) in [6, 6.07) is 17.0. The Morgan fingerprint density at radius 3 is 2.08 bits per heavy atom. The molecule has 192 valence electrons. The molecular formula is C28H34N2O5S. The van der Waals surface area contributed by atoms with Crippen LogP contribution in [0.2, 0.25) is 0 Å².